The van der Waals surface area contributed by atoms with Crippen molar-refractivity contribution in [2.75, 3.05) is 23.8 Å². The molecule has 1 fully saturated rings. The van der Waals surface area contributed by atoms with Gasteiger partial charge in [0.05, 0.1) is 52.9 Å². The van der Waals surface area contributed by atoms with Crippen LogP contribution in [0.15, 0.2) is 67.0 Å². The fourth-order valence-electron chi connectivity index (χ4n) is 4.43. The summed E-state index contributed by atoms with van der Waals surface area (Å²) in [6.07, 6.45) is 3.27. The van der Waals surface area contributed by atoms with E-state index in [1.807, 2.05) is 6.20 Å². The SMILES string of the molecule is N#Cc1cnc2c(N[C@@H](c3ccc(F)cc3)c3cn(C4COC4)nn3)cc(Cl)cc2c1Nc1ccc(F)c(Cl)c1. The van der Waals surface area contributed by atoms with Crippen LogP contribution in [0.2, 0.25) is 10.0 Å². The Labute approximate surface area is 237 Å². The molecule has 1 aliphatic rings. The number of nitrogens with one attached hydrogen (secondary N) is 2. The van der Waals surface area contributed by atoms with Gasteiger partial charge < -0.3 is 15.4 Å². The second kappa shape index (κ2) is 10.7. The molecule has 1 atom stereocenters. The molecule has 0 amide bonds. The minimum atomic E-state index is -0.560. The van der Waals surface area contributed by atoms with Gasteiger partial charge in [-0.1, -0.05) is 40.5 Å². The van der Waals surface area contributed by atoms with Gasteiger partial charge >= 0.3 is 0 Å². The minimum Gasteiger partial charge on any atom is -0.377 e. The fourth-order valence-corrected chi connectivity index (χ4v) is 4.83. The Kier molecular flexibility index (Phi) is 6.94. The molecule has 0 bridgehead atoms. The lowest BCUT2D eigenvalue weighted by Gasteiger charge is -2.25. The molecule has 0 saturated carbocycles. The summed E-state index contributed by atoms with van der Waals surface area (Å²) in [6, 6.07) is 15.3. The molecule has 6 rings (SSSR count). The molecule has 0 unspecified atom stereocenters. The van der Waals surface area contributed by atoms with E-state index >= 15 is 0 Å². The van der Waals surface area contributed by atoms with Gasteiger partial charge in [0.15, 0.2) is 0 Å². The maximum absolute atomic E-state index is 13.8. The molecule has 5 aromatic rings. The van der Waals surface area contributed by atoms with Crippen LogP contribution in [0.25, 0.3) is 10.9 Å². The maximum Gasteiger partial charge on any atom is 0.141 e. The molecule has 3 aromatic carbocycles. The number of anilines is 3. The molecular formula is C28H19Cl2F2N7O. The number of halogens is 4. The molecule has 0 aliphatic carbocycles. The van der Waals surface area contributed by atoms with E-state index in [1.54, 1.807) is 28.9 Å². The lowest BCUT2D eigenvalue weighted by Crippen LogP contribution is -2.31. The van der Waals surface area contributed by atoms with Crippen molar-refractivity contribution < 1.29 is 13.5 Å². The summed E-state index contributed by atoms with van der Waals surface area (Å²) < 4.78 is 34.6. The van der Waals surface area contributed by atoms with E-state index in [0.717, 1.165) is 5.56 Å². The van der Waals surface area contributed by atoms with Gasteiger partial charge in [-0.2, -0.15) is 5.26 Å². The van der Waals surface area contributed by atoms with Gasteiger partial charge in [0.25, 0.3) is 0 Å². The number of rotatable bonds is 7. The molecule has 40 heavy (non-hydrogen) atoms. The quantitative estimate of drug-likeness (QED) is 0.219. The summed E-state index contributed by atoms with van der Waals surface area (Å²) in [4.78, 5) is 4.55. The van der Waals surface area contributed by atoms with E-state index in [4.69, 9.17) is 27.9 Å². The Hall–Kier alpha value is -4.30. The van der Waals surface area contributed by atoms with Crippen LogP contribution in [0, 0.1) is 23.0 Å². The largest absolute Gasteiger partial charge is 0.377 e. The van der Waals surface area contributed by atoms with Crippen LogP contribution >= 0.6 is 23.2 Å². The lowest BCUT2D eigenvalue weighted by molar-refractivity contribution is -0.0293. The molecule has 2 aromatic heterocycles. The van der Waals surface area contributed by atoms with Crippen LogP contribution in [0.3, 0.4) is 0 Å². The van der Waals surface area contributed by atoms with Crippen molar-refractivity contribution >= 4 is 51.2 Å². The molecule has 12 heteroatoms. The van der Waals surface area contributed by atoms with Gasteiger partial charge in [-0.15, -0.1) is 5.10 Å². The van der Waals surface area contributed by atoms with Gasteiger partial charge in [0.1, 0.15) is 29.4 Å². The molecule has 200 valence electrons. The zero-order valence-electron chi connectivity index (χ0n) is 20.6. The third-order valence-corrected chi connectivity index (χ3v) is 7.07. The standard InChI is InChI=1S/C28H19Cl2F2N7O/c29-17-7-21-26(35-19-5-6-23(32)22(30)9-19)16(10-33)11-34-28(21)24(8-17)36-27(15-1-3-18(31)4-2-15)25-12-39(38-37-25)20-13-40-14-20/h1-9,11-12,20,27,36H,13-14H2,(H,34,35)/t27-/m0/s1. The second-order valence-corrected chi connectivity index (χ2v) is 10.0. The van der Waals surface area contributed by atoms with E-state index in [9.17, 15) is 14.0 Å². The van der Waals surface area contributed by atoms with Gasteiger partial charge in [-0.25, -0.2) is 13.5 Å². The summed E-state index contributed by atoms with van der Waals surface area (Å²) in [5.74, 6) is -0.927. The zero-order chi connectivity index (χ0) is 27.8. The van der Waals surface area contributed by atoms with Crippen molar-refractivity contribution in [1.82, 2.24) is 20.0 Å². The molecular weight excluding hydrogens is 559 g/mol. The van der Waals surface area contributed by atoms with Crippen molar-refractivity contribution in [1.29, 1.82) is 5.26 Å². The Morgan fingerprint density at radius 3 is 2.58 bits per heavy atom. The molecule has 0 spiro atoms. The first-order chi connectivity index (χ1) is 19.4. The summed E-state index contributed by atoms with van der Waals surface area (Å²) in [5.41, 5.74) is 3.54. The van der Waals surface area contributed by atoms with E-state index in [0.29, 0.717) is 51.9 Å². The minimum absolute atomic E-state index is 0.0640. The summed E-state index contributed by atoms with van der Waals surface area (Å²) in [7, 11) is 0. The van der Waals surface area contributed by atoms with Gasteiger partial charge in [0.2, 0.25) is 0 Å². The Bertz CT molecular complexity index is 1770. The highest BCUT2D eigenvalue weighted by atomic mass is 35.5. The number of pyridine rings is 1. The predicted molar refractivity (Wildman–Crippen MR) is 148 cm³/mol. The second-order valence-electron chi connectivity index (χ2n) is 9.21. The van der Waals surface area contributed by atoms with Crippen LogP contribution in [0.5, 0.6) is 0 Å². The van der Waals surface area contributed by atoms with E-state index in [-0.39, 0.29) is 22.4 Å². The molecule has 1 saturated heterocycles. The normalized spacial score (nSPS) is 14.0. The van der Waals surface area contributed by atoms with Crippen LogP contribution < -0.4 is 10.6 Å². The Balaban J connectivity index is 1.45. The number of fused-ring (bicyclic) bond motifs is 1. The average molecular weight is 578 g/mol. The number of hydrogen-bond acceptors (Lipinski definition) is 7. The number of aromatic nitrogens is 4. The average Bonchev–Trinajstić information content (AvgIpc) is 3.38. The number of nitriles is 1. The number of ether oxygens (including phenoxy) is 1. The zero-order valence-corrected chi connectivity index (χ0v) is 22.1. The van der Waals surface area contributed by atoms with Crippen LogP contribution in [0.1, 0.15) is 28.9 Å². The highest BCUT2D eigenvalue weighted by Gasteiger charge is 2.25. The first-order valence-corrected chi connectivity index (χ1v) is 12.9. The summed E-state index contributed by atoms with van der Waals surface area (Å²) >= 11 is 12.5. The smallest absolute Gasteiger partial charge is 0.141 e. The van der Waals surface area contributed by atoms with Crippen LogP contribution in [-0.2, 0) is 4.74 Å². The van der Waals surface area contributed by atoms with E-state index in [1.165, 1.54) is 36.5 Å². The first-order valence-electron chi connectivity index (χ1n) is 12.2. The predicted octanol–water partition coefficient (Wildman–Crippen LogP) is 6.80. The number of benzene rings is 3. The highest BCUT2D eigenvalue weighted by molar-refractivity contribution is 6.32. The van der Waals surface area contributed by atoms with Gasteiger partial charge in [-0.05, 0) is 48.0 Å². The Morgan fingerprint density at radius 2 is 1.88 bits per heavy atom. The van der Waals surface area contributed by atoms with Crippen LogP contribution in [0.4, 0.5) is 25.8 Å². The van der Waals surface area contributed by atoms with Gasteiger partial charge in [0, 0.05) is 22.3 Å². The van der Waals surface area contributed by atoms with Crippen molar-refractivity contribution in [2.45, 2.75) is 12.1 Å². The number of hydrogen-bond donors (Lipinski definition) is 2. The molecule has 3 heterocycles. The first kappa shape index (κ1) is 26.0. The third-order valence-electron chi connectivity index (χ3n) is 6.57. The van der Waals surface area contributed by atoms with Crippen molar-refractivity contribution in [3.05, 3.63) is 105 Å². The maximum atomic E-state index is 13.8. The molecule has 8 nitrogen and oxygen atoms in total. The molecule has 0 radical (unpaired) electrons. The Morgan fingerprint density at radius 1 is 1.07 bits per heavy atom. The topological polar surface area (TPSA) is 101 Å². The van der Waals surface area contributed by atoms with Gasteiger partial charge in [-0.3, -0.25) is 4.98 Å². The van der Waals surface area contributed by atoms with Crippen molar-refractivity contribution in [2.24, 2.45) is 0 Å². The number of nitrogens with zero attached hydrogens (tertiary/aromatic N) is 5. The molecule has 1 aliphatic heterocycles. The summed E-state index contributed by atoms with van der Waals surface area (Å²) in [5, 5.41) is 25.9. The van der Waals surface area contributed by atoms with Crippen LogP contribution in [-0.4, -0.2) is 33.2 Å². The van der Waals surface area contributed by atoms with Crippen molar-refractivity contribution in [3.63, 3.8) is 0 Å². The highest BCUT2D eigenvalue weighted by Crippen LogP contribution is 2.38. The van der Waals surface area contributed by atoms with E-state index < -0.39 is 11.9 Å². The fraction of sp³-hybridized carbons (Fsp3) is 0.143. The lowest BCUT2D eigenvalue weighted by atomic mass is 10.0. The van der Waals surface area contributed by atoms with Crippen molar-refractivity contribution in [3.8, 4) is 6.07 Å². The summed E-state index contributed by atoms with van der Waals surface area (Å²) in [6.45, 7) is 1.10. The molecule has 2 N–H and O–H groups in total. The monoisotopic (exact) mass is 577 g/mol. The van der Waals surface area contributed by atoms with E-state index in [2.05, 4.69) is 32.0 Å². The third kappa shape index (κ3) is 5.02.